The second kappa shape index (κ2) is 7.49. The van der Waals surface area contributed by atoms with E-state index in [1.54, 1.807) is 6.07 Å². The second-order valence-corrected chi connectivity index (χ2v) is 8.32. The molecule has 0 aromatic heterocycles. The van der Waals surface area contributed by atoms with E-state index in [-0.39, 0.29) is 15.5 Å². The van der Waals surface area contributed by atoms with Crippen LogP contribution in [0.3, 0.4) is 0 Å². The van der Waals surface area contributed by atoms with Gasteiger partial charge in [0.2, 0.25) is 11.4 Å². The summed E-state index contributed by atoms with van der Waals surface area (Å²) in [5, 5.41) is -0.116. The summed E-state index contributed by atoms with van der Waals surface area (Å²) >= 11 is 6.06. The molecule has 10 heteroatoms. The van der Waals surface area contributed by atoms with Gasteiger partial charge < -0.3 is 9.47 Å². The number of benzene rings is 2. The van der Waals surface area contributed by atoms with Crippen LogP contribution in [0.1, 0.15) is 19.4 Å². The van der Waals surface area contributed by atoms with Crippen LogP contribution < -0.4 is 4.72 Å². The van der Waals surface area contributed by atoms with Crippen molar-refractivity contribution in [2.75, 3.05) is 0 Å². The van der Waals surface area contributed by atoms with Crippen LogP contribution in [0.5, 0.6) is 0 Å². The van der Waals surface area contributed by atoms with E-state index in [9.17, 15) is 22.4 Å². The van der Waals surface area contributed by atoms with Crippen molar-refractivity contribution in [2.45, 2.75) is 24.3 Å². The summed E-state index contributed by atoms with van der Waals surface area (Å²) in [5.74, 6) is -4.04. The van der Waals surface area contributed by atoms with Crippen LogP contribution in [-0.2, 0) is 34.7 Å². The molecule has 0 bridgehead atoms. The Hall–Kier alpha value is -2.91. The smallest absolute Gasteiger partial charge is 0.308 e. The number of carbonyl (C=O) groups is 2. The fourth-order valence-corrected chi connectivity index (χ4v) is 4.17. The van der Waals surface area contributed by atoms with E-state index in [1.807, 2.05) is 0 Å². The first-order valence-corrected chi connectivity index (χ1v) is 10.1. The number of Topliss-reactive ketones (excluding diaryl/α,β-unsaturated/α-hetero) is 1. The maximum Gasteiger partial charge on any atom is 0.308 e. The lowest BCUT2D eigenvalue weighted by molar-refractivity contribution is -0.142. The first-order chi connectivity index (χ1) is 13.6. The highest BCUT2D eigenvalue weighted by molar-refractivity contribution is 7.89. The lowest BCUT2D eigenvalue weighted by atomic mass is 9.91. The third kappa shape index (κ3) is 3.83. The average molecular weight is 440 g/mol. The molecule has 2 aromatic carbocycles. The molecule has 0 spiro atoms. The van der Waals surface area contributed by atoms with Crippen LogP contribution in [-0.4, -0.2) is 20.2 Å². The van der Waals surface area contributed by atoms with Gasteiger partial charge in [-0.15, -0.1) is 0 Å². The molecule has 1 N–H and O–H groups in total. The van der Waals surface area contributed by atoms with E-state index in [0.717, 1.165) is 13.0 Å². The number of nitrogens with one attached hydrogen (secondary N) is 1. The highest BCUT2D eigenvalue weighted by Crippen LogP contribution is 2.42. The number of esters is 1. The summed E-state index contributed by atoms with van der Waals surface area (Å²) in [6.45, 7) is 2.22. The van der Waals surface area contributed by atoms with Gasteiger partial charge in [-0.1, -0.05) is 35.9 Å². The third-order valence-electron chi connectivity index (χ3n) is 4.12. The molecule has 1 unspecified atom stereocenters. The molecule has 152 valence electrons. The minimum atomic E-state index is -4.19. The van der Waals surface area contributed by atoms with Crippen molar-refractivity contribution < 1.29 is 31.9 Å². The lowest BCUT2D eigenvalue weighted by Crippen LogP contribution is -2.34. The second-order valence-electron chi connectivity index (χ2n) is 6.23. The predicted molar refractivity (Wildman–Crippen MR) is 100 cm³/mol. The SMILES string of the molecule is CC(=O)OC1=C(NS(=O)(=O)c2ccccc2)OC(C)(c2c(F)cccc2Cl)C1=O. The summed E-state index contributed by atoms with van der Waals surface area (Å²) in [4.78, 5) is 24.3. The average Bonchev–Trinajstić information content (AvgIpc) is 2.86. The summed E-state index contributed by atoms with van der Waals surface area (Å²) in [6.07, 6.45) is 0. The highest BCUT2D eigenvalue weighted by atomic mass is 35.5. The Morgan fingerprint density at radius 3 is 2.41 bits per heavy atom. The molecule has 7 nitrogen and oxygen atoms in total. The third-order valence-corrected chi connectivity index (χ3v) is 5.78. The zero-order valence-electron chi connectivity index (χ0n) is 15.2. The number of hydrogen-bond acceptors (Lipinski definition) is 6. The molecule has 29 heavy (non-hydrogen) atoms. The summed E-state index contributed by atoms with van der Waals surface area (Å²) in [7, 11) is -4.19. The number of ketones is 1. The van der Waals surface area contributed by atoms with Crippen LogP contribution in [0.25, 0.3) is 0 Å². The van der Waals surface area contributed by atoms with Gasteiger partial charge in [0.25, 0.3) is 21.7 Å². The van der Waals surface area contributed by atoms with Gasteiger partial charge in [0.05, 0.1) is 15.5 Å². The van der Waals surface area contributed by atoms with Crippen molar-refractivity contribution >= 4 is 33.4 Å². The number of rotatable bonds is 5. The van der Waals surface area contributed by atoms with E-state index in [2.05, 4.69) is 4.72 Å². The van der Waals surface area contributed by atoms with Crippen molar-refractivity contribution in [2.24, 2.45) is 0 Å². The molecule has 3 rings (SSSR count). The van der Waals surface area contributed by atoms with Crippen LogP contribution >= 0.6 is 11.6 Å². The summed E-state index contributed by atoms with van der Waals surface area (Å²) in [5.41, 5.74) is -2.37. The molecule has 2 aromatic rings. The molecule has 0 radical (unpaired) electrons. The van der Waals surface area contributed by atoms with Gasteiger partial charge in [-0.05, 0) is 31.2 Å². The standard InChI is InChI=1S/C19H15ClFNO6S/c1-11(23)27-16-17(24)19(2,15-13(20)9-6-10-14(15)21)28-18(16)22-29(25,26)12-7-4-3-5-8-12/h3-10,22H,1-2H3. The van der Waals surface area contributed by atoms with E-state index < -0.39 is 44.8 Å². The molecule has 0 fully saturated rings. The first kappa shape index (κ1) is 20.8. The quantitative estimate of drug-likeness (QED) is 0.719. The molecule has 0 saturated heterocycles. The predicted octanol–water partition coefficient (Wildman–Crippen LogP) is 3.00. The lowest BCUT2D eigenvalue weighted by Gasteiger charge is -2.25. The Labute approximate surface area is 171 Å². The fourth-order valence-electron chi connectivity index (χ4n) is 2.82. The molecule has 0 amide bonds. The van der Waals surface area contributed by atoms with Gasteiger partial charge in [-0.2, -0.15) is 0 Å². The van der Waals surface area contributed by atoms with Crippen LogP contribution in [0.15, 0.2) is 65.1 Å². The minimum Gasteiger partial charge on any atom is -0.456 e. The number of sulfonamides is 1. The zero-order valence-corrected chi connectivity index (χ0v) is 16.8. The van der Waals surface area contributed by atoms with Crippen LogP contribution in [0, 0.1) is 5.82 Å². The Kier molecular flexibility index (Phi) is 5.38. The van der Waals surface area contributed by atoms with Gasteiger partial charge in [-0.25, -0.2) is 17.5 Å². The molecular weight excluding hydrogens is 425 g/mol. The van der Waals surface area contributed by atoms with Gasteiger partial charge in [0.15, 0.2) is 0 Å². The maximum absolute atomic E-state index is 14.5. The number of carbonyl (C=O) groups excluding carboxylic acids is 2. The monoisotopic (exact) mass is 439 g/mol. The fraction of sp³-hybridized carbons (Fsp3) is 0.158. The Bertz CT molecular complexity index is 1110. The van der Waals surface area contributed by atoms with Crippen molar-refractivity contribution in [3.05, 3.63) is 76.6 Å². The number of halogens is 2. The number of ether oxygens (including phenoxy) is 2. The number of hydrogen-bond donors (Lipinski definition) is 1. The first-order valence-electron chi connectivity index (χ1n) is 8.25. The zero-order chi connectivity index (χ0) is 21.4. The van der Waals surface area contributed by atoms with E-state index in [0.29, 0.717) is 0 Å². The van der Waals surface area contributed by atoms with E-state index in [4.69, 9.17) is 21.1 Å². The van der Waals surface area contributed by atoms with Crippen LogP contribution in [0.2, 0.25) is 5.02 Å². The van der Waals surface area contributed by atoms with Crippen molar-refractivity contribution in [1.29, 1.82) is 0 Å². The minimum absolute atomic E-state index is 0.116. The van der Waals surface area contributed by atoms with E-state index in [1.165, 1.54) is 43.3 Å². The Balaban J connectivity index is 2.08. The van der Waals surface area contributed by atoms with Gasteiger partial charge in [-0.3, -0.25) is 9.59 Å². The molecule has 1 atom stereocenters. The molecule has 1 aliphatic heterocycles. The molecule has 1 heterocycles. The summed E-state index contributed by atoms with van der Waals surface area (Å²) < 4.78 is 52.2. The van der Waals surface area contributed by atoms with Crippen molar-refractivity contribution in [1.82, 2.24) is 4.72 Å². The maximum atomic E-state index is 14.5. The largest absolute Gasteiger partial charge is 0.456 e. The van der Waals surface area contributed by atoms with Crippen molar-refractivity contribution in [3.63, 3.8) is 0 Å². The topological polar surface area (TPSA) is 98.8 Å². The summed E-state index contributed by atoms with van der Waals surface area (Å²) in [6, 6.07) is 11.0. The van der Waals surface area contributed by atoms with Gasteiger partial charge in [0.1, 0.15) is 5.82 Å². The van der Waals surface area contributed by atoms with E-state index >= 15 is 0 Å². The van der Waals surface area contributed by atoms with Gasteiger partial charge >= 0.3 is 5.97 Å². The molecule has 0 saturated carbocycles. The molecule has 1 aliphatic rings. The molecular formula is C19H15ClFNO6S. The highest BCUT2D eigenvalue weighted by Gasteiger charge is 2.52. The van der Waals surface area contributed by atoms with Crippen LogP contribution in [0.4, 0.5) is 4.39 Å². The molecule has 0 aliphatic carbocycles. The normalized spacial score (nSPS) is 19.1. The Morgan fingerprint density at radius 2 is 1.83 bits per heavy atom. The van der Waals surface area contributed by atoms with Gasteiger partial charge in [0, 0.05) is 6.92 Å². The van der Waals surface area contributed by atoms with Crippen molar-refractivity contribution in [3.8, 4) is 0 Å². The Morgan fingerprint density at radius 1 is 1.17 bits per heavy atom.